The Morgan fingerprint density at radius 3 is 2.53 bits per heavy atom. The van der Waals surface area contributed by atoms with Gasteiger partial charge in [0.05, 0.1) is 12.7 Å². The molecule has 1 N–H and O–H groups in total. The van der Waals surface area contributed by atoms with Crippen LogP contribution in [0.15, 0.2) is 24.3 Å². The number of ether oxygens (including phenoxy) is 1. The molecule has 80 valence electrons. The van der Waals surface area contributed by atoms with Crippen LogP contribution < -0.4 is 5.32 Å². The SMILES string of the molecule is COCC(C)(C#N)Nc1ccc(F)cc1. The maximum Gasteiger partial charge on any atom is 0.146 e. The molecular formula is C11H13FN2O. The summed E-state index contributed by atoms with van der Waals surface area (Å²) in [6.07, 6.45) is 0. The lowest BCUT2D eigenvalue weighted by Crippen LogP contribution is -2.37. The average molecular weight is 208 g/mol. The van der Waals surface area contributed by atoms with E-state index >= 15 is 0 Å². The molecule has 0 amide bonds. The minimum atomic E-state index is -0.799. The first-order valence-corrected chi connectivity index (χ1v) is 4.53. The topological polar surface area (TPSA) is 45.0 Å². The first kappa shape index (κ1) is 11.5. The highest BCUT2D eigenvalue weighted by Crippen LogP contribution is 2.15. The van der Waals surface area contributed by atoms with Crippen LogP contribution in [0.2, 0.25) is 0 Å². The van der Waals surface area contributed by atoms with Gasteiger partial charge in [-0.05, 0) is 31.2 Å². The van der Waals surface area contributed by atoms with Gasteiger partial charge in [-0.15, -0.1) is 0 Å². The predicted octanol–water partition coefficient (Wildman–Crippen LogP) is 2.17. The van der Waals surface area contributed by atoms with E-state index in [4.69, 9.17) is 10.00 Å². The van der Waals surface area contributed by atoms with Crippen molar-refractivity contribution in [1.82, 2.24) is 0 Å². The van der Waals surface area contributed by atoms with Crippen LogP contribution in [-0.2, 0) is 4.74 Å². The standard InChI is InChI=1S/C11H13FN2O/c1-11(7-13,8-15-2)14-10-5-3-9(12)4-6-10/h3-6,14H,8H2,1-2H3. The Labute approximate surface area is 88.5 Å². The van der Waals surface area contributed by atoms with Crippen LogP contribution >= 0.6 is 0 Å². The van der Waals surface area contributed by atoms with Gasteiger partial charge in [0.15, 0.2) is 0 Å². The predicted molar refractivity (Wildman–Crippen MR) is 55.9 cm³/mol. The molecule has 1 unspecified atom stereocenters. The molecule has 0 saturated heterocycles. The molecule has 0 aliphatic heterocycles. The second-order valence-electron chi connectivity index (χ2n) is 3.51. The van der Waals surface area contributed by atoms with Gasteiger partial charge in [0, 0.05) is 12.8 Å². The van der Waals surface area contributed by atoms with Gasteiger partial charge in [-0.25, -0.2) is 4.39 Å². The number of anilines is 1. The first-order valence-electron chi connectivity index (χ1n) is 4.53. The number of nitriles is 1. The Morgan fingerprint density at radius 2 is 2.07 bits per heavy atom. The summed E-state index contributed by atoms with van der Waals surface area (Å²) >= 11 is 0. The quantitative estimate of drug-likeness (QED) is 0.824. The molecule has 0 bridgehead atoms. The van der Waals surface area contributed by atoms with Gasteiger partial charge in [0.2, 0.25) is 0 Å². The lowest BCUT2D eigenvalue weighted by molar-refractivity contribution is 0.171. The van der Waals surface area contributed by atoms with Crippen LogP contribution in [0.4, 0.5) is 10.1 Å². The molecule has 0 aliphatic carbocycles. The molecule has 0 spiro atoms. The first-order chi connectivity index (χ1) is 7.09. The van der Waals surface area contributed by atoms with Crippen LogP contribution in [0, 0.1) is 17.1 Å². The molecule has 0 saturated carbocycles. The lowest BCUT2D eigenvalue weighted by atomic mass is 10.1. The van der Waals surface area contributed by atoms with Gasteiger partial charge in [-0.2, -0.15) is 5.26 Å². The summed E-state index contributed by atoms with van der Waals surface area (Å²) < 4.78 is 17.6. The van der Waals surface area contributed by atoms with E-state index in [1.54, 1.807) is 19.1 Å². The van der Waals surface area contributed by atoms with Crippen LogP contribution in [-0.4, -0.2) is 19.3 Å². The Bertz CT molecular complexity index is 358. The number of halogens is 1. The van der Waals surface area contributed by atoms with Gasteiger partial charge >= 0.3 is 0 Å². The number of nitrogens with zero attached hydrogens (tertiary/aromatic N) is 1. The molecule has 1 rings (SSSR count). The lowest BCUT2D eigenvalue weighted by Gasteiger charge is -2.23. The van der Waals surface area contributed by atoms with Crippen LogP contribution in [0.5, 0.6) is 0 Å². The molecular weight excluding hydrogens is 195 g/mol. The normalized spacial score (nSPS) is 14.0. The molecule has 1 aromatic rings. The van der Waals surface area contributed by atoms with Crippen molar-refractivity contribution in [3.8, 4) is 6.07 Å². The average Bonchev–Trinajstić information content (AvgIpc) is 2.22. The summed E-state index contributed by atoms with van der Waals surface area (Å²) in [4.78, 5) is 0. The minimum Gasteiger partial charge on any atom is -0.381 e. The Balaban J connectivity index is 2.76. The third kappa shape index (κ3) is 3.22. The van der Waals surface area contributed by atoms with E-state index in [1.165, 1.54) is 19.2 Å². The van der Waals surface area contributed by atoms with Crippen molar-refractivity contribution >= 4 is 5.69 Å². The van der Waals surface area contributed by atoms with E-state index in [0.717, 1.165) is 0 Å². The number of hydrogen-bond acceptors (Lipinski definition) is 3. The van der Waals surface area contributed by atoms with Crippen molar-refractivity contribution in [2.24, 2.45) is 0 Å². The summed E-state index contributed by atoms with van der Waals surface area (Å²) in [7, 11) is 1.53. The maximum atomic E-state index is 12.6. The summed E-state index contributed by atoms with van der Waals surface area (Å²) in [5.41, 5.74) is -0.107. The van der Waals surface area contributed by atoms with Crippen molar-refractivity contribution in [2.45, 2.75) is 12.5 Å². The Hall–Kier alpha value is -1.60. The zero-order valence-corrected chi connectivity index (χ0v) is 8.75. The van der Waals surface area contributed by atoms with Gasteiger partial charge in [-0.3, -0.25) is 0 Å². The fourth-order valence-corrected chi connectivity index (χ4v) is 1.24. The van der Waals surface area contributed by atoms with Crippen molar-refractivity contribution in [2.75, 3.05) is 19.0 Å². The smallest absolute Gasteiger partial charge is 0.146 e. The third-order valence-corrected chi connectivity index (χ3v) is 1.94. The zero-order chi connectivity index (χ0) is 11.3. The van der Waals surface area contributed by atoms with E-state index in [1.807, 2.05) is 0 Å². The highest BCUT2D eigenvalue weighted by molar-refractivity contribution is 5.47. The Morgan fingerprint density at radius 1 is 1.47 bits per heavy atom. The van der Waals surface area contributed by atoms with Gasteiger partial charge in [-0.1, -0.05) is 0 Å². The molecule has 1 aromatic carbocycles. The second-order valence-corrected chi connectivity index (χ2v) is 3.51. The highest BCUT2D eigenvalue weighted by atomic mass is 19.1. The van der Waals surface area contributed by atoms with Crippen LogP contribution in [0.1, 0.15) is 6.92 Å². The summed E-state index contributed by atoms with van der Waals surface area (Å²) in [6, 6.07) is 7.96. The number of rotatable bonds is 4. The van der Waals surface area contributed by atoms with Gasteiger partial charge in [0.25, 0.3) is 0 Å². The van der Waals surface area contributed by atoms with Gasteiger partial charge < -0.3 is 10.1 Å². The summed E-state index contributed by atoms with van der Waals surface area (Å²) in [6.45, 7) is 1.99. The van der Waals surface area contributed by atoms with E-state index in [0.29, 0.717) is 5.69 Å². The van der Waals surface area contributed by atoms with Crippen molar-refractivity contribution < 1.29 is 9.13 Å². The molecule has 0 radical (unpaired) electrons. The van der Waals surface area contributed by atoms with E-state index in [9.17, 15) is 4.39 Å². The summed E-state index contributed by atoms with van der Waals surface area (Å²) in [5.74, 6) is -0.300. The Kier molecular flexibility index (Phi) is 3.64. The molecule has 3 nitrogen and oxygen atoms in total. The van der Waals surface area contributed by atoms with E-state index in [2.05, 4.69) is 11.4 Å². The fourth-order valence-electron chi connectivity index (χ4n) is 1.24. The molecule has 0 fully saturated rings. The van der Waals surface area contributed by atoms with Crippen LogP contribution in [0.25, 0.3) is 0 Å². The van der Waals surface area contributed by atoms with Crippen molar-refractivity contribution in [1.29, 1.82) is 5.26 Å². The van der Waals surface area contributed by atoms with Crippen molar-refractivity contribution in [3.63, 3.8) is 0 Å². The second kappa shape index (κ2) is 4.76. The number of benzene rings is 1. The molecule has 0 heterocycles. The minimum absolute atomic E-state index is 0.265. The van der Waals surface area contributed by atoms with Crippen molar-refractivity contribution in [3.05, 3.63) is 30.1 Å². The van der Waals surface area contributed by atoms with Gasteiger partial charge in [0.1, 0.15) is 11.4 Å². The van der Waals surface area contributed by atoms with E-state index in [-0.39, 0.29) is 12.4 Å². The summed E-state index contributed by atoms with van der Waals surface area (Å²) in [5, 5.41) is 11.9. The molecule has 1 atom stereocenters. The largest absolute Gasteiger partial charge is 0.381 e. The fraction of sp³-hybridized carbons (Fsp3) is 0.364. The van der Waals surface area contributed by atoms with Crippen LogP contribution in [0.3, 0.4) is 0 Å². The number of hydrogen-bond donors (Lipinski definition) is 1. The number of methoxy groups -OCH3 is 1. The number of nitrogens with one attached hydrogen (secondary N) is 1. The molecule has 0 aliphatic rings. The zero-order valence-electron chi connectivity index (χ0n) is 8.75. The molecule has 15 heavy (non-hydrogen) atoms. The van der Waals surface area contributed by atoms with E-state index < -0.39 is 5.54 Å². The highest BCUT2D eigenvalue weighted by Gasteiger charge is 2.23. The molecule has 4 heteroatoms. The monoisotopic (exact) mass is 208 g/mol. The maximum absolute atomic E-state index is 12.6. The molecule has 0 aromatic heterocycles. The third-order valence-electron chi connectivity index (χ3n) is 1.94.